The van der Waals surface area contributed by atoms with Gasteiger partial charge in [-0.2, -0.15) is 13.2 Å². The summed E-state index contributed by atoms with van der Waals surface area (Å²) in [5.74, 6) is 0. The van der Waals surface area contributed by atoms with Crippen molar-refractivity contribution in [2.75, 3.05) is 6.54 Å². The fraction of sp³-hybridized carbons (Fsp3) is 0.200. The first-order chi connectivity index (χ1) is 9.90. The number of rotatable bonds is 4. The average Bonchev–Trinajstić information content (AvgIpc) is 2.39. The van der Waals surface area contributed by atoms with Gasteiger partial charge in [0.05, 0.1) is 5.56 Å². The lowest BCUT2D eigenvalue weighted by molar-refractivity contribution is -0.138. The van der Waals surface area contributed by atoms with Crippen LogP contribution < -0.4 is 5.73 Å². The molecule has 0 unspecified atom stereocenters. The maximum absolute atomic E-state index is 13.1. The van der Waals surface area contributed by atoms with Crippen molar-refractivity contribution in [3.05, 3.63) is 58.6 Å². The third-order valence-corrected chi connectivity index (χ3v) is 4.05. The standard InChI is InChI=1S/C15H13ClF3NS/c16-11-2-1-3-12(8-11)21-13-5-4-10(6-7-20)14(9-13)15(17,18)19/h1-5,8-9H,6-7,20H2. The van der Waals surface area contributed by atoms with Gasteiger partial charge in [-0.25, -0.2) is 0 Å². The monoisotopic (exact) mass is 331 g/mol. The highest BCUT2D eigenvalue weighted by molar-refractivity contribution is 7.99. The summed E-state index contributed by atoms with van der Waals surface area (Å²) in [7, 11) is 0. The van der Waals surface area contributed by atoms with Gasteiger partial charge in [-0.05, 0) is 48.9 Å². The van der Waals surface area contributed by atoms with E-state index in [4.69, 9.17) is 17.3 Å². The summed E-state index contributed by atoms with van der Waals surface area (Å²) in [4.78, 5) is 1.31. The molecule has 0 aromatic heterocycles. The molecule has 0 aliphatic heterocycles. The van der Waals surface area contributed by atoms with E-state index in [0.29, 0.717) is 9.92 Å². The molecular formula is C15H13ClF3NS. The first kappa shape index (κ1) is 16.2. The van der Waals surface area contributed by atoms with E-state index in [9.17, 15) is 13.2 Å². The Morgan fingerprint density at radius 2 is 1.76 bits per heavy atom. The Balaban J connectivity index is 2.33. The third kappa shape index (κ3) is 4.40. The van der Waals surface area contributed by atoms with Crippen LogP contribution in [0.4, 0.5) is 13.2 Å². The quantitative estimate of drug-likeness (QED) is 0.852. The van der Waals surface area contributed by atoms with E-state index in [1.165, 1.54) is 17.8 Å². The SMILES string of the molecule is NCCc1ccc(Sc2cccc(Cl)c2)cc1C(F)(F)F. The van der Waals surface area contributed by atoms with E-state index in [1.807, 2.05) is 0 Å². The van der Waals surface area contributed by atoms with Crippen LogP contribution in [0, 0.1) is 0 Å². The van der Waals surface area contributed by atoms with Crippen molar-refractivity contribution in [2.45, 2.75) is 22.4 Å². The van der Waals surface area contributed by atoms with Crippen molar-refractivity contribution in [1.29, 1.82) is 0 Å². The van der Waals surface area contributed by atoms with E-state index < -0.39 is 11.7 Å². The zero-order chi connectivity index (χ0) is 15.5. The molecule has 0 amide bonds. The first-order valence-corrected chi connectivity index (χ1v) is 7.43. The van der Waals surface area contributed by atoms with Gasteiger partial charge >= 0.3 is 6.18 Å². The molecule has 2 rings (SSSR count). The minimum atomic E-state index is -4.38. The number of nitrogens with two attached hydrogens (primary N) is 1. The van der Waals surface area contributed by atoms with Crippen molar-refractivity contribution < 1.29 is 13.2 Å². The third-order valence-electron chi connectivity index (χ3n) is 2.83. The number of halogens is 4. The lowest BCUT2D eigenvalue weighted by atomic mass is 10.0. The fourth-order valence-electron chi connectivity index (χ4n) is 1.92. The van der Waals surface area contributed by atoms with Crippen LogP contribution in [0.15, 0.2) is 52.3 Å². The van der Waals surface area contributed by atoms with Gasteiger partial charge in [-0.15, -0.1) is 0 Å². The van der Waals surface area contributed by atoms with Crippen LogP contribution in [0.25, 0.3) is 0 Å². The molecular weight excluding hydrogens is 319 g/mol. The van der Waals surface area contributed by atoms with Gasteiger partial charge in [0.2, 0.25) is 0 Å². The molecule has 1 nitrogen and oxygen atoms in total. The second-order valence-corrected chi connectivity index (χ2v) is 6.00. The van der Waals surface area contributed by atoms with E-state index in [0.717, 1.165) is 11.0 Å². The van der Waals surface area contributed by atoms with Gasteiger partial charge in [0.25, 0.3) is 0 Å². The second-order valence-electron chi connectivity index (χ2n) is 4.41. The predicted molar refractivity (Wildman–Crippen MR) is 79.8 cm³/mol. The number of benzene rings is 2. The molecule has 0 atom stereocenters. The Labute approximate surface area is 130 Å². The molecule has 6 heteroatoms. The molecule has 2 aromatic rings. The number of alkyl halides is 3. The molecule has 0 spiro atoms. The van der Waals surface area contributed by atoms with Crippen molar-refractivity contribution in [2.24, 2.45) is 5.73 Å². The van der Waals surface area contributed by atoms with Crippen LogP contribution in [-0.4, -0.2) is 6.54 Å². The van der Waals surface area contributed by atoms with Crippen molar-refractivity contribution in [3.63, 3.8) is 0 Å². The van der Waals surface area contributed by atoms with Gasteiger partial charge in [-0.3, -0.25) is 0 Å². The molecule has 21 heavy (non-hydrogen) atoms. The molecule has 0 aliphatic rings. The van der Waals surface area contributed by atoms with Crippen LogP contribution in [0.3, 0.4) is 0 Å². The van der Waals surface area contributed by atoms with Crippen LogP contribution in [-0.2, 0) is 12.6 Å². The fourth-order valence-corrected chi connectivity index (χ4v) is 3.10. The van der Waals surface area contributed by atoms with Crippen LogP contribution in [0.5, 0.6) is 0 Å². The van der Waals surface area contributed by atoms with E-state index in [-0.39, 0.29) is 18.5 Å². The van der Waals surface area contributed by atoms with Crippen molar-refractivity contribution in [1.82, 2.24) is 0 Å². The summed E-state index contributed by atoms with van der Waals surface area (Å²) >= 11 is 7.12. The molecule has 0 saturated heterocycles. The minimum absolute atomic E-state index is 0.184. The second kappa shape index (κ2) is 6.73. The topological polar surface area (TPSA) is 26.0 Å². The summed E-state index contributed by atoms with van der Waals surface area (Å²) in [6.07, 6.45) is -4.17. The maximum atomic E-state index is 13.1. The van der Waals surface area contributed by atoms with Crippen molar-refractivity contribution >= 4 is 23.4 Å². The lowest BCUT2D eigenvalue weighted by Gasteiger charge is -2.14. The molecule has 2 aromatic carbocycles. The van der Waals surface area contributed by atoms with Crippen molar-refractivity contribution in [3.8, 4) is 0 Å². The molecule has 0 saturated carbocycles. The average molecular weight is 332 g/mol. The smallest absolute Gasteiger partial charge is 0.330 e. The van der Waals surface area contributed by atoms with E-state index >= 15 is 0 Å². The van der Waals surface area contributed by atoms with Gasteiger partial charge < -0.3 is 5.73 Å². The summed E-state index contributed by atoms with van der Waals surface area (Å²) in [6.45, 7) is 0.184. The first-order valence-electron chi connectivity index (χ1n) is 6.24. The molecule has 2 N–H and O–H groups in total. The van der Waals surface area contributed by atoms with Gasteiger partial charge in [0, 0.05) is 14.8 Å². The molecule has 0 radical (unpaired) electrons. The Bertz CT molecular complexity index is 629. The highest BCUT2D eigenvalue weighted by atomic mass is 35.5. The number of hydrogen-bond donors (Lipinski definition) is 1. The Morgan fingerprint density at radius 1 is 1.05 bits per heavy atom. The summed E-state index contributed by atoms with van der Waals surface area (Å²) in [5, 5.41) is 0.552. The molecule has 0 bridgehead atoms. The van der Waals surface area contributed by atoms with E-state index in [1.54, 1.807) is 30.3 Å². The highest BCUT2D eigenvalue weighted by Crippen LogP contribution is 2.37. The normalized spacial score (nSPS) is 11.7. The Morgan fingerprint density at radius 3 is 2.38 bits per heavy atom. The van der Waals surface area contributed by atoms with E-state index in [2.05, 4.69) is 0 Å². The summed E-state index contributed by atoms with van der Waals surface area (Å²) in [6, 6.07) is 11.3. The Kier molecular flexibility index (Phi) is 5.19. The van der Waals surface area contributed by atoms with Crippen LogP contribution >= 0.6 is 23.4 Å². The zero-order valence-corrected chi connectivity index (χ0v) is 12.5. The molecule has 0 aliphatic carbocycles. The lowest BCUT2D eigenvalue weighted by Crippen LogP contribution is -2.12. The predicted octanol–water partition coefficient (Wildman–Crippen LogP) is 5.01. The van der Waals surface area contributed by atoms with Crippen LogP contribution in [0.2, 0.25) is 5.02 Å². The van der Waals surface area contributed by atoms with Gasteiger partial charge in [0.15, 0.2) is 0 Å². The summed E-state index contributed by atoms with van der Waals surface area (Å²) in [5.41, 5.74) is 4.96. The van der Waals surface area contributed by atoms with Gasteiger partial charge in [-0.1, -0.05) is 35.5 Å². The zero-order valence-electron chi connectivity index (χ0n) is 11.0. The van der Waals surface area contributed by atoms with Crippen LogP contribution in [0.1, 0.15) is 11.1 Å². The Hall–Kier alpha value is -1.17. The number of hydrogen-bond acceptors (Lipinski definition) is 2. The largest absolute Gasteiger partial charge is 0.416 e. The molecule has 112 valence electrons. The van der Waals surface area contributed by atoms with Gasteiger partial charge in [0.1, 0.15) is 0 Å². The maximum Gasteiger partial charge on any atom is 0.416 e. The molecule has 0 heterocycles. The minimum Gasteiger partial charge on any atom is -0.330 e. The highest BCUT2D eigenvalue weighted by Gasteiger charge is 2.33. The summed E-state index contributed by atoms with van der Waals surface area (Å²) < 4.78 is 39.3. The molecule has 0 fully saturated rings.